The Hall–Kier alpha value is -4.12. The largest absolute Gasteiger partial charge is 0.488 e. The number of carbonyl (C=O) groups excluding carboxylic acids is 1. The van der Waals surface area contributed by atoms with Gasteiger partial charge in [-0.3, -0.25) is 9.78 Å². The van der Waals surface area contributed by atoms with Crippen molar-refractivity contribution in [3.8, 4) is 22.8 Å². The molecule has 6 heterocycles. The van der Waals surface area contributed by atoms with Crippen LogP contribution in [0.3, 0.4) is 0 Å². The summed E-state index contributed by atoms with van der Waals surface area (Å²) in [6.07, 6.45) is 1.66. The summed E-state index contributed by atoms with van der Waals surface area (Å²) in [6, 6.07) is 7.59. The van der Waals surface area contributed by atoms with Crippen molar-refractivity contribution in [2.75, 3.05) is 13.6 Å². The molecule has 11 heteroatoms. The third-order valence-corrected chi connectivity index (χ3v) is 7.16. The molecule has 7 rings (SSSR count). The first-order valence-electron chi connectivity index (χ1n) is 13.1. The summed E-state index contributed by atoms with van der Waals surface area (Å²) in [6.45, 7) is -4.29. The Morgan fingerprint density at radius 3 is 2.95 bits per heavy atom. The minimum Gasteiger partial charge on any atom is -0.488 e. The van der Waals surface area contributed by atoms with E-state index in [0.717, 1.165) is 4.90 Å². The van der Waals surface area contributed by atoms with Gasteiger partial charge >= 0.3 is 6.61 Å². The third-order valence-electron chi connectivity index (χ3n) is 7.16. The highest BCUT2D eigenvalue weighted by Gasteiger charge is 2.45. The number of fused-ring (bicyclic) bond motifs is 10. The van der Waals surface area contributed by atoms with E-state index in [1.54, 1.807) is 35.9 Å². The van der Waals surface area contributed by atoms with Crippen molar-refractivity contribution in [2.45, 2.75) is 37.6 Å². The molecular formula is C26H21F2N5O4. The molecule has 188 valence electrons. The van der Waals surface area contributed by atoms with Gasteiger partial charge in [-0.25, -0.2) is 9.97 Å². The predicted octanol–water partition coefficient (Wildman–Crippen LogP) is 3.81. The van der Waals surface area contributed by atoms with E-state index in [1.165, 1.54) is 18.2 Å². The van der Waals surface area contributed by atoms with Crippen LogP contribution in [-0.4, -0.2) is 55.6 Å². The van der Waals surface area contributed by atoms with Crippen molar-refractivity contribution in [1.82, 2.24) is 24.4 Å². The van der Waals surface area contributed by atoms with Crippen molar-refractivity contribution in [3.05, 3.63) is 65.2 Å². The molecule has 3 aliphatic rings. The lowest BCUT2D eigenvalue weighted by Crippen LogP contribution is -2.30. The van der Waals surface area contributed by atoms with Crippen molar-refractivity contribution in [2.24, 2.45) is 0 Å². The van der Waals surface area contributed by atoms with E-state index in [2.05, 4.69) is 9.97 Å². The van der Waals surface area contributed by atoms with E-state index in [4.69, 9.17) is 18.6 Å². The molecule has 0 saturated heterocycles. The fraction of sp³-hybridized carbons (Fsp3) is 0.308. The number of hydrogen-bond acceptors (Lipinski definition) is 7. The molecule has 0 radical (unpaired) electrons. The number of amides is 1. The molecule has 0 spiro atoms. The van der Waals surface area contributed by atoms with Gasteiger partial charge in [0.2, 0.25) is 0 Å². The second-order valence-corrected chi connectivity index (χ2v) is 9.55. The summed E-state index contributed by atoms with van der Waals surface area (Å²) < 4.78 is 63.3. The Kier molecular flexibility index (Phi) is 3.84. The van der Waals surface area contributed by atoms with Gasteiger partial charge in [0, 0.05) is 40.4 Å². The zero-order valence-corrected chi connectivity index (χ0v) is 19.4. The van der Waals surface area contributed by atoms with Gasteiger partial charge in [-0.15, -0.1) is 0 Å². The maximum atomic E-state index is 13.5. The van der Waals surface area contributed by atoms with Crippen LogP contribution in [0.15, 0.2) is 42.6 Å². The number of halogens is 2. The van der Waals surface area contributed by atoms with Crippen LogP contribution in [0, 0.1) is 0 Å². The van der Waals surface area contributed by atoms with E-state index < -0.39 is 37.2 Å². The number of alkyl halides is 2. The molecule has 9 nitrogen and oxygen atoms in total. The molecule has 3 atom stereocenters. The van der Waals surface area contributed by atoms with Crippen LogP contribution in [0.4, 0.5) is 8.78 Å². The zero-order valence-electron chi connectivity index (χ0n) is 22.4. The second kappa shape index (κ2) is 7.45. The Morgan fingerprint density at radius 1 is 1.27 bits per heavy atom. The van der Waals surface area contributed by atoms with Gasteiger partial charge in [0.05, 0.1) is 17.8 Å². The molecule has 3 aromatic heterocycles. The minimum absolute atomic E-state index is 0.0301. The summed E-state index contributed by atoms with van der Waals surface area (Å²) in [5.41, 5.74) is 1.27. The van der Waals surface area contributed by atoms with E-state index in [-0.39, 0.29) is 35.7 Å². The zero-order chi connectivity index (χ0) is 28.1. The number of benzene rings is 1. The molecule has 4 aromatic rings. The number of hydrogen-bond donors (Lipinski definition) is 1. The summed E-state index contributed by atoms with van der Waals surface area (Å²) in [4.78, 5) is 28.2. The van der Waals surface area contributed by atoms with E-state index in [0.29, 0.717) is 33.9 Å². The molecule has 3 aliphatic heterocycles. The quantitative estimate of drug-likeness (QED) is 0.449. The van der Waals surface area contributed by atoms with Gasteiger partial charge in [-0.05, 0) is 37.3 Å². The number of nitrogens with zero attached hydrogens (tertiary/aromatic N) is 5. The number of ether oxygens (including phenoxy) is 2. The first-order chi connectivity index (χ1) is 18.9. The van der Waals surface area contributed by atoms with Crippen molar-refractivity contribution in [1.29, 1.82) is 0 Å². The number of aromatic nitrogens is 4. The summed E-state index contributed by atoms with van der Waals surface area (Å²) in [5, 5.41) is 10.5. The second-order valence-electron chi connectivity index (χ2n) is 9.55. The maximum absolute atomic E-state index is 13.5. The van der Waals surface area contributed by atoms with E-state index >= 15 is 0 Å². The average molecular weight is 508 g/mol. The van der Waals surface area contributed by atoms with Crippen molar-refractivity contribution >= 4 is 17.1 Å². The van der Waals surface area contributed by atoms with Gasteiger partial charge in [0.1, 0.15) is 40.7 Å². The highest BCUT2D eigenvalue weighted by Crippen LogP contribution is 2.50. The van der Waals surface area contributed by atoms with Crippen LogP contribution in [0.25, 0.3) is 22.4 Å². The number of carbonyl (C=O) groups is 1. The molecule has 2 bridgehead atoms. The molecule has 0 unspecified atom stereocenters. The number of rotatable bonds is 3. The standard InChI is InChI=1S/C26H21F2N5O4/c1-26(35)11-36-19-8-12(10-29-21(19)26)14-6-7-15-22(30-14)33-16-9-17(23(33)31-15)32(2)24(34)13-4-3-5-18(20(13)16)37-25(27)28/h3-8,10,16-17,25,35H,9,11H2,1-2H3/t16-,17-,26-/m1/s1/i2D3. The lowest BCUT2D eigenvalue weighted by molar-refractivity contribution is -0.0507. The SMILES string of the molecule is [2H]C([2H])([2H])N1C(=O)c2cccc(OC(F)F)c2[C@H]2C[C@@H]1c1nc3ccc(-c4cnc5c(c4)OC[C@@]5(C)O)nc3n12. The van der Waals surface area contributed by atoms with Crippen LogP contribution in [0.5, 0.6) is 11.5 Å². The number of pyridine rings is 2. The van der Waals surface area contributed by atoms with Crippen LogP contribution in [0.2, 0.25) is 0 Å². The monoisotopic (exact) mass is 508 g/mol. The molecule has 0 saturated carbocycles. The number of imidazole rings is 1. The fourth-order valence-electron chi connectivity index (χ4n) is 5.51. The molecule has 37 heavy (non-hydrogen) atoms. The molecule has 0 fully saturated rings. The van der Waals surface area contributed by atoms with Gasteiger partial charge in [0.15, 0.2) is 5.65 Å². The molecule has 1 amide bonds. The summed E-state index contributed by atoms with van der Waals surface area (Å²) >= 11 is 0. The van der Waals surface area contributed by atoms with Crippen LogP contribution < -0.4 is 9.47 Å². The first-order valence-corrected chi connectivity index (χ1v) is 11.6. The lowest BCUT2D eigenvalue weighted by atomic mass is 9.98. The number of aliphatic hydroxyl groups is 1. The van der Waals surface area contributed by atoms with Gasteiger partial charge in [-0.2, -0.15) is 8.78 Å². The predicted molar refractivity (Wildman–Crippen MR) is 126 cm³/mol. The Bertz CT molecular complexity index is 1720. The highest BCUT2D eigenvalue weighted by molar-refractivity contribution is 5.97. The van der Waals surface area contributed by atoms with Gasteiger partial charge < -0.3 is 24.0 Å². The van der Waals surface area contributed by atoms with Crippen LogP contribution in [0.1, 0.15) is 57.0 Å². The molecule has 1 N–H and O–H groups in total. The summed E-state index contributed by atoms with van der Waals surface area (Å²) in [7, 11) is 0. The smallest absolute Gasteiger partial charge is 0.387 e. The molecule has 1 aromatic carbocycles. The fourth-order valence-corrected chi connectivity index (χ4v) is 5.51. The molecular weight excluding hydrogens is 484 g/mol. The average Bonchev–Trinajstić information content (AvgIpc) is 3.49. The Balaban J connectivity index is 1.43. The third kappa shape index (κ3) is 3.10. The van der Waals surface area contributed by atoms with E-state index in [9.17, 15) is 18.7 Å². The normalized spacial score (nSPS) is 25.2. The molecule has 0 aliphatic carbocycles. The highest BCUT2D eigenvalue weighted by atomic mass is 19.3. The van der Waals surface area contributed by atoms with Gasteiger partial charge in [0.25, 0.3) is 5.91 Å². The van der Waals surface area contributed by atoms with Crippen molar-refractivity contribution in [3.63, 3.8) is 0 Å². The summed E-state index contributed by atoms with van der Waals surface area (Å²) in [5.74, 6) is -0.299. The van der Waals surface area contributed by atoms with Crippen LogP contribution in [-0.2, 0) is 5.60 Å². The lowest BCUT2D eigenvalue weighted by Gasteiger charge is -2.24. The van der Waals surface area contributed by atoms with E-state index in [1.807, 2.05) is 0 Å². The minimum atomic E-state index is -3.15. The van der Waals surface area contributed by atoms with Crippen LogP contribution >= 0.6 is 0 Å². The van der Waals surface area contributed by atoms with Crippen molar-refractivity contribution < 1.29 is 32.3 Å². The first kappa shape index (κ1) is 19.1. The Labute approximate surface area is 213 Å². The van der Waals surface area contributed by atoms with Gasteiger partial charge in [-0.1, -0.05) is 6.07 Å². The maximum Gasteiger partial charge on any atom is 0.387 e. The Morgan fingerprint density at radius 2 is 2.14 bits per heavy atom. The topological polar surface area (TPSA) is 103 Å².